The number of nitrogens with one attached hydrogen (secondary N) is 2. The van der Waals surface area contributed by atoms with Crippen LogP contribution in [0.25, 0.3) is 11.4 Å². The van der Waals surface area contributed by atoms with Crippen LogP contribution in [0.1, 0.15) is 24.6 Å². The van der Waals surface area contributed by atoms with Gasteiger partial charge in [-0.3, -0.25) is 9.59 Å². The van der Waals surface area contributed by atoms with Gasteiger partial charge in [0.15, 0.2) is 17.3 Å². The van der Waals surface area contributed by atoms with Crippen LogP contribution in [0, 0.1) is 0 Å². The summed E-state index contributed by atoms with van der Waals surface area (Å²) in [5.41, 5.74) is 1.50. The molecule has 0 bridgehead atoms. The number of methoxy groups -OCH3 is 1. The fourth-order valence-corrected chi connectivity index (χ4v) is 2.86. The first-order valence-corrected chi connectivity index (χ1v) is 9.68. The first kappa shape index (κ1) is 21.0. The molecule has 3 aromatic rings. The van der Waals surface area contributed by atoms with Gasteiger partial charge >= 0.3 is 0 Å². The lowest BCUT2D eigenvalue weighted by Gasteiger charge is -2.10. The van der Waals surface area contributed by atoms with E-state index < -0.39 is 0 Å². The smallest absolute Gasteiger partial charge is 0.273 e. The summed E-state index contributed by atoms with van der Waals surface area (Å²) in [6, 6.07) is 14.9. The second kappa shape index (κ2) is 10.2. The average Bonchev–Trinajstić information content (AvgIpc) is 2.78. The van der Waals surface area contributed by atoms with Gasteiger partial charge in [0.05, 0.1) is 13.7 Å². The summed E-state index contributed by atoms with van der Waals surface area (Å²) in [6.07, 6.45) is 0.358. The first-order valence-electron chi connectivity index (χ1n) is 9.68. The van der Waals surface area contributed by atoms with Gasteiger partial charge in [0.25, 0.3) is 5.56 Å². The molecule has 0 atom stereocenters. The SMILES string of the molecule is CCOc1ccc(-c2nnc(CCC(=O)NCc3ccccc3)c(=O)[nH]2)cc1OC. The number of carbonyl (C=O) groups is 1. The van der Waals surface area contributed by atoms with Gasteiger partial charge < -0.3 is 19.8 Å². The molecule has 2 N–H and O–H groups in total. The topological polar surface area (TPSA) is 106 Å². The molecule has 0 aliphatic heterocycles. The van der Waals surface area contributed by atoms with E-state index in [4.69, 9.17) is 9.47 Å². The third kappa shape index (κ3) is 5.44. The number of H-pyrrole nitrogens is 1. The van der Waals surface area contributed by atoms with Gasteiger partial charge in [0, 0.05) is 24.9 Å². The monoisotopic (exact) mass is 408 g/mol. The molecule has 1 heterocycles. The number of ether oxygens (including phenoxy) is 2. The van der Waals surface area contributed by atoms with E-state index in [1.807, 2.05) is 37.3 Å². The molecule has 0 saturated carbocycles. The van der Waals surface area contributed by atoms with Crippen LogP contribution in [0.15, 0.2) is 53.3 Å². The van der Waals surface area contributed by atoms with Crippen LogP contribution in [0.2, 0.25) is 0 Å². The summed E-state index contributed by atoms with van der Waals surface area (Å²) in [7, 11) is 1.54. The Morgan fingerprint density at radius 2 is 1.90 bits per heavy atom. The van der Waals surface area contributed by atoms with Crippen LogP contribution >= 0.6 is 0 Å². The van der Waals surface area contributed by atoms with E-state index in [-0.39, 0.29) is 30.0 Å². The summed E-state index contributed by atoms with van der Waals surface area (Å²) < 4.78 is 10.8. The Bertz CT molecular complexity index is 1050. The average molecular weight is 408 g/mol. The maximum absolute atomic E-state index is 12.4. The van der Waals surface area contributed by atoms with Crippen molar-refractivity contribution in [1.82, 2.24) is 20.5 Å². The van der Waals surface area contributed by atoms with Crippen molar-refractivity contribution in [2.45, 2.75) is 26.3 Å². The zero-order valence-corrected chi connectivity index (χ0v) is 17.0. The molecular formula is C22H24N4O4. The predicted molar refractivity (Wildman–Crippen MR) is 112 cm³/mol. The molecule has 2 aromatic carbocycles. The Morgan fingerprint density at radius 3 is 2.60 bits per heavy atom. The predicted octanol–water partition coefficient (Wildman–Crippen LogP) is 2.49. The van der Waals surface area contributed by atoms with E-state index in [0.29, 0.717) is 36.0 Å². The quantitative estimate of drug-likeness (QED) is 0.563. The van der Waals surface area contributed by atoms with E-state index in [1.54, 1.807) is 25.3 Å². The molecule has 0 radical (unpaired) electrons. The minimum atomic E-state index is -0.372. The van der Waals surface area contributed by atoms with Crippen molar-refractivity contribution >= 4 is 5.91 Å². The molecule has 0 aliphatic carbocycles. The maximum atomic E-state index is 12.4. The van der Waals surface area contributed by atoms with Crippen molar-refractivity contribution < 1.29 is 14.3 Å². The van der Waals surface area contributed by atoms with Crippen molar-refractivity contribution in [1.29, 1.82) is 0 Å². The highest BCUT2D eigenvalue weighted by Crippen LogP contribution is 2.30. The third-order valence-electron chi connectivity index (χ3n) is 4.42. The van der Waals surface area contributed by atoms with E-state index in [1.165, 1.54) is 0 Å². The summed E-state index contributed by atoms with van der Waals surface area (Å²) in [4.78, 5) is 27.2. The van der Waals surface area contributed by atoms with Crippen molar-refractivity contribution in [3.05, 3.63) is 70.1 Å². The second-order valence-electron chi connectivity index (χ2n) is 6.51. The molecule has 0 aliphatic rings. The van der Waals surface area contributed by atoms with Crippen LogP contribution in [-0.2, 0) is 17.8 Å². The normalized spacial score (nSPS) is 10.5. The van der Waals surface area contributed by atoms with Crippen LogP contribution in [-0.4, -0.2) is 34.8 Å². The van der Waals surface area contributed by atoms with Gasteiger partial charge in [0.2, 0.25) is 5.91 Å². The van der Waals surface area contributed by atoms with Crippen LogP contribution < -0.4 is 20.3 Å². The number of rotatable bonds is 9. The zero-order chi connectivity index (χ0) is 21.3. The van der Waals surface area contributed by atoms with Crippen molar-refractivity contribution in [3.8, 4) is 22.9 Å². The Labute approximate surface area is 174 Å². The van der Waals surface area contributed by atoms with Crippen LogP contribution in [0.3, 0.4) is 0 Å². The summed E-state index contributed by atoms with van der Waals surface area (Å²) >= 11 is 0. The molecule has 0 spiro atoms. The first-order chi connectivity index (χ1) is 14.6. The number of hydrogen-bond acceptors (Lipinski definition) is 6. The number of hydrogen-bond donors (Lipinski definition) is 2. The molecule has 8 heteroatoms. The lowest BCUT2D eigenvalue weighted by molar-refractivity contribution is -0.121. The molecule has 30 heavy (non-hydrogen) atoms. The summed E-state index contributed by atoms with van der Waals surface area (Å²) in [5.74, 6) is 1.31. The lowest BCUT2D eigenvalue weighted by atomic mass is 10.2. The summed E-state index contributed by atoms with van der Waals surface area (Å²) in [5, 5.41) is 10.9. The van der Waals surface area contributed by atoms with Gasteiger partial charge in [0.1, 0.15) is 5.69 Å². The lowest BCUT2D eigenvalue weighted by Crippen LogP contribution is -2.25. The van der Waals surface area contributed by atoms with Gasteiger partial charge in [-0.1, -0.05) is 30.3 Å². The van der Waals surface area contributed by atoms with Crippen molar-refractivity contribution in [2.24, 2.45) is 0 Å². The highest BCUT2D eigenvalue weighted by Gasteiger charge is 2.12. The Kier molecular flexibility index (Phi) is 7.15. The fraction of sp³-hybridized carbons (Fsp3) is 0.273. The zero-order valence-electron chi connectivity index (χ0n) is 17.0. The van der Waals surface area contributed by atoms with Gasteiger partial charge in [-0.15, -0.1) is 10.2 Å². The minimum absolute atomic E-state index is 0.152. The number of nitrogens with zero attached hydrogens (tertiary/aromatic N) is 2. The molecule has 0 unspecified atom stereocenters. The number of amides is 1. The van der Waals surface area contributed by atoms with Crippen molar-refractivity contribution in [3.63, 3.8) is 0 Å². The highest BCUT2D eigenvalue weighted by atomic mass is 16.5. The van der Waals surface area contributed by atoms with Crippen molar-refractivity contribution in [2.75, 3.05) is 13.7 Å². The van der Waals surface area contributed by atoms with Gasteiger partial charge in [-0.05, 0) is 30.7 Å². The Morgan fingerprint density at radius 1 is 1.10 bits per heavy atom. The molecule has 8 nitrogen and oxygen atoms in total. The highest BCUT2D eigenvalue weighted by molar-refractivity contribution is 5.76. The minimum Gasteiger partial charge on any atom is -0.493 e. The number of aryl methyl sites for hydroxylation is 1. The number of aromatic nitrogens is 3. The number of carbonyl (C=O) groups excluding carboxylic acids is 1. The molecule has 3 rings (SSSR count). The molecule has 0 fully saturated rings. The third-order valence-corrected chi connectivity index (χ3v) is 4.42. The fourth-order valence-electron chi connectivity index (χ4n) is 2.86. The van der Waals surface area contributed by atoms with Gasteiger partial charge in [-0.25, -0.2) is 0 Å². The number of benzene rings is 2. The Balaban J connectivity index is 1.62. The summed E-state index contributed by atoms with van der Waals surface area (Å²) in [6.45, 7) is 2.84. The maximum Gasteiger partial charge on any atom is 0.273 e. The second-order valence-corrected chi connectivity index (χ2v) is 6.51. The molecule has 1 amide bonds. The molecule has 156 valence electrons. The van der Waals surface area contributed by atoms with E-state index in [2.05, 4.69) is 20.5 Å². The molecule has 1 aromatic heterocycles. The molecular weight excluding hydrogens is 384 g/mol. The van der Waals surface area contributed by atoms with E-state index in [0.717, 1.165) is 5.56 Å². The van der Waals surface area contributed by atoms with E-state index in [9.17, 15) is 9.59 Å². The van der Waals surface area contributed by atoms with Gasteiger partial charge in [-0.2, -0.15) is 0 Å². The standard InChI is InChI=1S/C22H24N4O4/c1-3-30-18-11-9-16(13-19(18)29-2)21-24-22(28)17(25-26-21)10-12-20(27)23-14-15-7-5-4-6-8-15/h4-9,11,13H,3,10,12,14H2,1-2H3,(H,23,27)(H,24,26,28). The van der Waals surface area contributed by atoms with E-state index >= 15 is 0 Å². The number of aromatic amines is 1. The van der Waals surface area contributed by atoms with Crippen LogP contribution in [0.4, 0.5) is 0 Å². The van der Waals surface area contributed by atoms with Crippen LogP contribution in [0.5, 0.6) is 11.5 Å². The largest absolute Gasteiger partial charge is 0.493 e. The Hall–Kier alpha value is -3.68. The molecule has 0 saturated heterocycles.